The Hall–Kier alpha value is -1.75. The molecule has 1 N–H and O–H groups in total. The molecule has 0 bridgehead atoms. The zero-order chi connectivity index (χ0) is 13.7. The highest BCUT2D eigenvalue weighted by molar-refractivity contribution is 7.88. The molecule has 0 aliphatic carbocycles. The summed E-state index contributed by atoms with van der Waals surface area (Å²) in [6.45, 7) is 0.224. The van der Waals surface area contributed by atoms with Crippen molar-refractivity contribution >= 4 is 21.4 Å². The number of nitrogens with zero attached hydrogens (tertiary/aromatic N) is 2. The van der Waals surface area contributed by atoms with E-state index >= 15 is 0 Å². The number of hydrogen-bond donors (Lipinski definition) is 1. The van der Waals surface area contributed by atoms with Crippen LogP contribution in [0.15, 0.2) is 36.0 Å². The fraction of sp³-hybridized carbons (Fsp3) is 0.167. The second-order valence-electron chi connectivity index (χ2n) is 3.82. The maximum Gasteiger partial charge on any atom is 0.216 e. The van der Waals surface area contributed by atoms with Crippen LogP contribution in [0.4, 0.5) is 0 Å². The topological polar surface area (TPSA) is 82.8 Å². The van der Waals surface area contributed by atoms with E-state index in [-0.39, 0.29) is 12.3 Å². The summed E-state index contributed by atoms with van der Waals surface area (Å²) in [5, 5.41) is 8.92. The summed E-state index contributed by atoms with van der Waals surface area (Å²) in [5.41, 5.74) is 2.53. The molecule has 0 radical (unpaired) electrons. The first-order valence-corrected chi connectivity index (χ1v) is 7.96. The zero-order valence-corrected chi connectivity index (χ0v) is 11.5. The van der Waals surface area contributed by atoms with Crippen LogP contribution in [-0.4, -0.2) is 13.4 Å². The summed E-state index contributed by atoms with van der Waals surface area (Å²) >= 11 is 1.39. The lowest BCUT2D eigenvalue weighted by molar-refractivity contribution is 0.581. The van der Waals surface area contributed by atoms with Crippen molar-refractivity contribution in [3.63, 3.8) is 0 Å². The average molecular weight is 293 g/mol. The van der Waals surface area contributed by atoms with Gasteiger partial charge in [-0.15, -0.1) is 11.3 Å². The lowest BCUT2D eigenvalue weighted by atomic mass is 10.1. The fourth-order valence-electron chi connectivity index (χ4n) is 1.52. The van der Waals surface area contributed by atoms with E-state index in [1.165, 1.54) is 11.3 Å². The van der Waals surface area contributed by atoms with Gasteiger partial charge in [-0.05, 0) is 11.6 Å². The molecule has 19 heavy (non-hydrogen) atoms. The van der Waals surface area contributed by atoms with Gasteiger partial charge in [-0.2, -0.15) is 5.26 Å². The normalized spacial score (nSPS) is 11.1. The van der Waals surface area contributed by atoms with E-state index in [1.54, 1.807) is 36.0 Å². The summed E-state index contributed by atoms with van der Waals surface area (Å²) < 4.78 is 26.3. The molecule has 5 nitrogen and oxygen atoms in total. The Morgan fingerprint density at radius 1 is 1.37 bits per heavy atom. The predicted octanol–water partition coefficient (Wildman–Crippen LogP) is 1.63. The maximum atomic E-state index is 11.9. The van der Waals surface area contributed by atoms with Crippen molar-refractivity contribution in [3.05, 3.63) is 52.0 Å². The molecule has 0 aliphatic heterocycles. The summed E-state index contributed by atoms with van der Waals surface area (Å²) in [6, 6.07) is 8.66. The van der Waals surface area contributed by atoms with Crippen LogP contribution in [0.25, 0.3) is 0 Å². The number of nitriles is 1. The van der Waals surface area contributed by atoms with E-state index in [4.69, 9.17) is 5.26 Å². The van der Waals surface area contributed by atoms with Crippen LogP contribution in [0.2, 0.25) is 0 Å². The van der Waals surface area contributed by atoms with Crippen LogP contribution >= 0.6 is 11.3 Å². The largest absolute Gasteiger partial charge is 0.253 e. The summed E-state index contributed by atoms with van der Waals surface area (Å²) in [4.78, 5) is 4.72. The highest BCUT2D eigenvalue weighted by Crippen LogP contribution is 2.12. The number of hydrogen-bond acceptors (Lipinski definition) is 5. The van der Waals surface area contributed by atoms with Gasteiger partial charge < -0.3 is 0 Å². The molecule has 7 heteroatoms. The van der Waals surface area contributed by atoms with Crippen LogP contribution < -0.4 is 4.72 Å². The molecule has 0 fully saturated rings. The van der Waals surface area contributed by atoms with Crippen molar-refractivity contribution in [2.24, 2.45) is 0 Å². The van der Waals surface area contributed by atoms with E-state index in [9.17, 15) is 8.42 Å². The second-order valence-corrected chi connectivity index (χ2v) is 6.59. The first-order valence-electron chi connectivity index (χ1n) is 5.43. The third-order valence-corrected chi connectivity index (χ3v) is 4.49. The third-order valence-electron chi connectivity index (χ3n) is 2.43. The minimum absolute atomic E-state index is 0.199. The van der Waals surface area contributed by atoms with Crippen molar-refractivity contribution in [1.29, 1.82) is 5.26 Å². The van der Waals surface area contributed by atoms with E-state index in [0.29, 0.717) is 11.1 Å². The van der Waals surface area contributed by atoms with E-state index < -0.39 is 10.0 Å². The van der Waals surface area contributed by atoms with Gasteiger partial charge in [0.2, 0.25) is 10.0 Å². The molecule has 0 aliphatic rings. The van der Waals surface area contributed by atoms with Crippen molar-refractivity contribution in [2.75, 3.05) is 0 Å². The molecule has 1 aromatic heterocycles. The van der Waals surface area contributed by atoms with Crippen LogP contribution in [-0.2, 0) is 22.3 Å². The Morgan fingerprint density at radius 3 is 2.84 bits per heavy atom. The smallest absolute Gasteiger partial charge is 0.216 e. The summed E-state index contributed by atoms with van der Waals surface area (Å²) in [6.07, 6.45) is 1.62. The number of rotatable bonds is 5. The molecular formula is C12H11N3O2S2. The average Bonchev–Trinajstić information content (AvgIpc) is 2.90. The van der Waals surface area contributed by atoms with Crippen LogP contribution in [0.3, 0.4) is 0 Å². The molecule has 2 aromatic rings. The quantitative estimate of drug-likeness (QED) is 0.908. The third kappa shape index (κ3) is 3.86. The molecule has 98 valence electrons. The lowest BCUT2D eigenvalue weighted by Gasteiger charge is -2.06. The maximum absolute atomic E-state index is 11.9. The Labute approximate surface area is 115 Å². The van der Waals surface area contributed by atoms with Gasteiger partial charge in [-0.25, -0.2) is 13.1 Å². The van der Waals surface area contributed by atoms with E-state index in [1.807, 2.05) is 6.07 Å². The van der Waals surface area contributed by atoms with Gasteiger partial charge in [0, 0.05) is 17.6 Å². The Balaban J connectivity index is 2.07. The molecule has 0 saturated carbocycles. The fourth-order valence-corrected chi connectivity index (χ4v) is 3.29. The lowest BCUT2D eigenvalue weighted by Crippen LogP contribution is -2.24. The Morgan fingerprint density at radius 2 is 2.16 bits per heavy atom. The molecule has 1 aromatic carbocycles. The van der Waals surface area contributed by atoms with Gasteiger partial charge in [0.1, 0.15) is 0 Å². The number of thiazole rings is 1. The first kappa shape index (κ1) is 13.7. The molecule has 0 atom stereocenters. The van der Waals surface area contributed by atoms with Crippen molar-refractivity contribution in [2.45, 2.75) is 12.3 Å². The van der Waals surface area contributed by atoms with Gasteiger partial charge in [-0.3, -0.25) is 4.98 Å². The molecule has 0 spiro atoms. The van der Waals surface area contributed by atoms with Crippen molar-refractivity contribution in [1.82, 2.24) is 9.71 Å². The first-order chi connectivity index (χ1) is 9.11. The number of benzene rings is 1. The van der Waals surface area contributed by atoms with Crippen LogP contribution in [0.1, 0.15) is 16.0 Å². The molecule has 1 heterocycles. The number of nitrogens with one attached hydrogen (secondary N) is 1. The van der Waals surface area contributed by atoms with Crippen molar-refractivity contribution in [3.8, 4) is 6.07 Å². The minimum atomic E-state index is -3.47. The van der Waals surface area contributed by atoms with Crippen LogP contribution in [0.5, 0.6) is 0 Å². The molecule has 0 saturated heterocycles. The SMILES string of the molecule is N#Cc1ccccc1CS(=O)(=O)NCc1cncs1. The highest BCUT2D eigenvalue weighted by atomic mass is 32.2. The monoisotopic (exact) mass is 293 g/mol. The standard InChI is InChI=1S/C12H11N3O2S2/c13-5-10-3-1-2-4-11(10)8-19(16,17)15-7-12-6-14-9-18-12/h1-4,6,9,15H,7-8H2. The van der Waals surface area contributed by atoms with Gasteiger partial charge in [0.25, 0.3) is 0 Å². The second kappa shape index (κ2) is 5.93. The number of aromatic nitrogens is 1. The number of sulfonamides is 1. The molecule has 2 rings (SSSR count). The molecule has 0 unspecified atom stereocenters. The van der Waals surface area contributed by atoms with Gasteiger partial charge >= 0.3 is 0 Å². The van der Waals surface area contributed by atoms with E-state index in [2.05, 4.69) is 9.71 Å². The molecular weight excluding hydrogens is 282 g/mol. The van der Waals surface area contributed by atoms with Crippen LogP contribution in [0, 0.1) is 11.3 Å². The summed E-state index contributed by atoms with van der Waals surface area (Å²) in [5.74, 6) is -0.199. The van der Waals surface area contributed by atoms with E-state index in [0.717, 1.165) is 4.88 Å². The van der Waals surface area contributed by atoms with Gasteiger partial charge in [0.15, 0.2) is 0 Å². The zero-order valence-electron chi connectivity index (χ0n) is 9.91. The van der Waals surface area contributed by atoms with Gasteiger partial charge in [0.05, 0.1) is 22.9 Å². The summed E-state index contributed by atoms with van der Waals surface area (Å²) in [7, 11) is -3.47. The molecule has 0 amide bonds. The Kier molecular flexibility index (Phi) is 4.27. The van der Waals surface area contributed by atoms with Gasteiger partial charge in [-0.1, -0.05) is 18.2 Å². The highest BCUT2D eigenvalue weighted by Gasteiger charge is 2.14. The predicted molar refractivity (Wildman–Crippen MR) is 72.7 cm³/mol. The van der Waals surface area contributed by atoms with Crippen molar-refractivity contribution < 1.29 is 8.42 Å². The minimum Gasteiger partial charge on any atom is -0.253 e. The Bertz CT molecular complexity index is 688.